The molecule has 2 aromatic rings. The fourth-order valence-electron chi connectivity index (χ4n) is 3.73. The van der Waals surface area contributed by atoms with E-state index in [2.05, 4.69) is 10.2 Å². The maximum absolute atomic E-state index is 13.1. The number of methoxy groups -OCH3 is 1. The molecule has 0 unspecified atom stereocenters. The molecule has 0 bridgehead atoms. The van der Waals surface area contributed by atoms with Crippen molar-refractivity contribution >= 4 is 15.9 Å². The van der Waals surface area contributed by atoms with E-state index in [1.807, 2.05) is 18.2 Å². The molecule has 166 valence electrons. The number of nitrogens with one attached hydrogen (secondary N) is 1. The molecular weight excluding hydrogens is 422 g/mol. The highest BCUT2D eigenvalue weighted by Gasteiger charge is 2.30. The summed E-state index contributed by atoms with van der Waals surface area (Å²) in [5.74, 6) is 1.41. The van der Waals surface area contributed by atoms with Crippen molar-refractivity contribution in [1.82, 2.24) is 14.5 Å². The van der Waals surface area contributed by atoms with Gasteiger partial charge >= 0.3 is 0 Å². The van der Waals surface area contributed by atoms with Gasteiger partial charge in [-0.05, 0) is 35.9 Å². The summed E-state index contributed by atoms with van der Waals surface area (Å²) in [6.07, 6.45) is 0. The third-order valence-electron chi connectivity index (χ3n) is 5.45. The Labute approximate surface area is 181 Å². The van der Waals surface area contributed by atoms with Crippen molar-refractivity contribution in [2.24, 2.45) is 0 Å². The second-order valence-electron chi connectivity index (χ2n) is 7.31. The first-order chi connectivity index (χ1) is 14.9. The lowest BCUT2D eigenvalue weighted by Gasteiger charge is -2.34. The summed E-state index contributed by atoms with van der Waals surface area (Å²) >= 11 is 0. The number of ether oxygens (including phenoxy) is 3. The normalized spacial score (nSPS) is 16.8. The number of carbonyl (C=O) groups excluding carboxylic acids is 1. The van der Waals surface area contributed by atoms with Gasteiger partial charge in [0, 0.05) is 39.8 Å². The van der Waals surface area contributed by atoms with Crippen molar-refractivity contribution in [3.63, 3.8) is 0 Å². The zero-order chi connectivity index (χ0) is 22.0. The molecular formula is C21H25N3O6S. The first-order valence-corrected chi connectivity index (χ1v) is 11.4. The Balaban J connectivity index is 1.43. The molecule has 0 radical (unpaired) electrons. The van der Waals surface area contributed by atoms with Crippen LogP contribution in [-0.2, 0) is 16.6 Å². The molecule has 0 atom stereocenters. The van der Waals surface area contributed by atoms with Crippen LogP contribution in [-0.4, -0.2) is 70.7 Å². The van der Waals surface area contributed by atoms with Gasteiger partial charge < -0.3 is 19.5 Å². The monoisotopic (exact) mass is 447 g/mol. The van der Waals surface area contributed by atoms with Crippen molar-refractivity contribution in [2.45, 2.75) is 11.4 Å². The third-order valence-corrected chi connectivity index (χ3v) is 7.35. The predicted molar refractivity (Wildman–Crippen MR) is 113 cm³/mol. The van der Waals surface area contributed by atoms with Gasteiger partial charge in [0.15, 0.2) is 11.5 Å². The van der Waals surface area contributed by atoms with Crippen molar-refractivity contribution in [2.75, 3.05) is 47.1 Å². The molecule has 0 aliphatic carbocycles. The Morgan fingerprint density at radius 1 is 1.06 bits per heavy atom. The van der Waals surface area contributed by atoms with E-state index in [0.717, 1.165) is 17.1 Å². The van der Waals surface area contributed by atoms with Crippen LogP contribution < -0.4 is 19.5 Å². The second-order valence-corrected chi connectivity index (χ2v) is 9.25. The molecule has 1 N–H and O–H groups in total. The van der Waals surface area contributed by atoms with Crippen molar-refractivity contribution < 1.29 is 27.4 Å². The standard InChI is InChI=1S/C21H25N3O6S/c1-22-21(25)17-12-16(4-6-18(17)28-2)31(26,27)24-9-7-23(8-10-24)13-15-3-5-19-20(11-15)30-14-29-19/h3-6,11-12H,7-10,13-14H2,1-2H3,(H,22,25). The van der Waals surface area contributed by atoms with Crippen LogP contribution in [0.25, 0.3) is 0 Å². The minimum atomic E-state index is -3.72. The molecule has 2 aliphatic rings. The molecule has 31 heavy (non-hydrogen) atoms. The largest absolute Gasteiger partial charge is 0.496 e. The minimum absolute atomic E-state index is 0.0797. The molecule has 1 saturated heterocycles. The number of carbonyl (C=O) groups is 1. The van der Waals surface area contributed by atoms with Crippen LogP contribution in [0.2, 0.25) is 0 Å². The number of amides is 1. The Kier molecular flexibility index (Phi) is 6.03. The number of piperazine rings is 1. The van der Waals surface area contributed by atoms with Crippen LogP contribution in [0, 0.1) is 0 Å². The highest BCUT2D eigenvalue weighted by atomic mass is 32.2. The molecule has 0 spiro atoms. The first-order valence-electron chi connectivity index (χ1n) is 9.93. The van der Waals surface area contributed by atoms with Gasteiger partial charge in [0.1, 0.15) is 5.75 Å². The van der Waals surface area contributed by atoms with Crippen molar-refractivity contribution in [3.05, 3.63) is 47.5 Å². The van der Waals surface area contributed by atoms with Crippen LogP contribution in [0.5, 0.6) is 17.2 Å². The molecule has 2 aromatic carbocycles. The summed E-state index contributed by atoms with van der Waals surface area (Å²) in [6, 6.07) is 10.2. The minimum Gasteiger partial charge on any atom is -0.496 e. The lowest BCUT2D eigenvalue weighted by atomic mass is 10.2. The van der Waals surface area contributed by atoms with Gasteiger partial charge in [0.2, 0.25) is 16.8 Å². The number of rotatable bonds is 6. The van der Waals surface area contributed by atoms with Gasteiger partial charge in [0.25, 0.3) is 5.91 Å². The van der Waals surface area contributed by atoms with Gasteiger partial charge in [-0.15, -0.1) is 0 Å². The van der Waals surface area contributed by atoms with Crippen LogP contribution in [0.1, 0.15) is 15.9 Å². The highest BCUT2D eigenvalue weighted by molar-refractivity contribution is 7.89. The Hall–Kier alpha value is -2.82. The molecule has 4 rings (SSSR count). The zero-order valence-electron chi connectivity index (χ0n) is 17.5. The van der Waals surface area contributed by atoms with Crippen molar-refractivity contribution in [3.8, 4) is 17.2 Å². The van der Waals surface area contributed by atoms with E-state index in [1.54, 1.807) is 0 Å². The smallest absolute Gasteiger partial charge is 0.254 e. The fourth-order valence-corrected chi connectivity index (χ4v) is 5.18. The summed E-state index contributed by atoms with van der Waals surface area (Å²) in [7, 11) is -0.793. The van der Waals surface area contributed by atoms with Crippen molar-refractivity contribution in [1.29, 1.82) is 0 Å². The van der Waals surface area contributed by atoms with E-state index in [4.69, 9.17) is 14.2 Å². The third kappa shape index (κ3) is 4.32. The average molecular weight is 448 g/mol. The van der Waals surface area contributed by atoms with Gasteiger partial charge in [-0.25, -0.2) is 8.42 Å². The summed E-state index contributed by atoms with van der Waals surface area (Å²) in [5, 5.41) is 2.51. The Morgan fingerprint density at radius 2 is 1.81 bits per heavy atom. The molecule has 2 aliphatic heterocycles. The van der Waals surface area contributed by atoms with Crippen LogP contribution in [0.4, 0.5) is 0 Å². The molecule has 1 fully saturated rings. The summed E-state index contributed by atoms with van der Waals surface area (Å²) in [5.41, 5.74) is 1.28. The number of nitrogens with zero attached hydrogens (tertiary/aromatic N) is 2. The van der Waals surface area contributed by atoms with E-state index in [0.29, 0.717) is 38.5 Å². The quantitative estimate of drug-likeness (QED) is 0.713. The van der Waals surface area contributed by atoms with E-state index in [1.165, 1.54) is 36.7 Å². The van der Waals surface area contributed by atoms with E-state index < -0.39 is 15.9 Å². The topological polar surface area (TPSA) is 97.4 Å². The number of fused-ring (bicyclic) bond motifs is 1. The van der Waals surface area contributed by atoms with Gasteiger partial charge in [-0.2, -0.15) is 4.31 Å². The lowest BCUT2D eigenvalue weighted by molar-refractivity contribution is 0.0960. The highest BCUT2D eigenvalue weighted by Crippen LogP contribution is 2.33. The maximum Gasteiger partial charge on any atom is 0.254 e. The predicted octanol–water partition coefficient (Wildman–Crippen LogP) is 1.29. The number of sulfonamides is 1. The summed E-state index contributed by atoms with van der Waals surface area (Å²) in [6.45, 7) is 2.89. The molecule has 1 amide bonds. The van der Waals surface area contributed by atoms with Gasteiger partial charge in [0.05, 0.1) is 17.6 Å². The second kappa shape index (κ2) is 8.74. The molecule has 0 saturated carbocycles. The zero-order valence-corrected chi connectivity index (χ0v) is 18.3. The molecule has 2 heterocycles. The van der Waals surface area contributed by atoms with Crippen LogP contribution >= 0.6 is 0 Å². The summed E-state index contributed by atoms with van der Waals surface area (Å²) < 4.78 is 43.7. The lowest BCUT2D eigenvalue weighted by Crippen LogP contribution is -2.48. The van der Waals surface area contributed by atoms with E-state index in [9.17, 15) is 13.2 Å². The molecule has 10 heteroatoms. The van der Waals surface area contributed by atoms with Crippen LogP contribution in [0.15, 0.2) is 41.3 Å². The van der Waals surface area contributed by atoms with Crippen LogP contribution in [0.3, 0.4) is 0 Å². The number of hydrogen-bond acceptors (Lipinski definition) is 7. The van der Waals surface area contributed by atoms with Gasteiger partial charge in [-0.1, -0.05) is 6.07 Å². The number of hydrogen-bond donors (Lipinski definition) is 1. The van der Waals surface area contributed by atoms with E-state index in [-0.39, 0.29) is 17.3 Å². The average Bonchev–Trinajstić information content (AvgIpc) is 3.26. The Bertz CT molecular complexity index is 1080. The van der Waals surface area contributed by atoms with E-state index >= 15 is 0 Å². The number of benzene rings is 2. The maximum atomic E-state index is 13.1. The van der Waals surface area contributed by atoms with Gasteiger partial charge in [-0.3, -0.25) is 9.69 Å². The first kappa shape index (κ1) is 21.4. The Morgan fingerprint density at radius 3 is 2.52 bits per heavy atom. The fraction of sp³-hybridized carbons (Fsp3) is 0.381. The SMILES string of the molecule is CNC(=O)c1cc(S(=O)(=O)N2CCN(Cc3ccc4c(c3)OCO4)CC2)ccc1OC. The molecule has 9 nitrogen and oxygen atoms in total. The summed E-state index contributed by atoms with van der Waals surface area (Å²) in [4.78, 5) is 14.4. The molecule has 0 aromatic heterocycles.